The molecule has 0 saturated heterocycles. The van der Waals surface area contributed by atoms with E-state index in [-0.39, 0.29) is 12.3 Å². The number of methoxy groups -OCH3 is 1. The number of amides is 1. The molecule has 0 bridgehead atoms. The van der Waals surface area contributed by atoms with E-state index >= 15 is 0 Å². The number of fused-ring (bicyclic) bond motifs is 1. The SMILES string of the molecule is COCCNC(CC(=O)Nc1ccc2ccccc2c1)C(=O)O. The molecule has 0 spiro atoms. The van der Waals surface area contributed by atoms with E-state index in [2.05, 4.69) is 10.6 Å². The third-order valence-corrected chi connectivity index (χ3v) is 3.42. The number of anilines is 1. The van der Waals surface area contributed by atoms with Crippen molar-refractivity contribution in [3.05, 3.63) is 42.5 Å². The van der Waals surface area contributed by atoms with Crippen molar-refractivity contribution in [3.8, 4) is 0 Å². The third-order valence-electron chi connectivity index (χ3n) is 3.42. The predicted octanol–water partition coefficient (Wildman–Crippen LogP) is 1.86. The number of carbonyl (C=O) groups excluding carboxylic acids is 1. The lowest BCUT2D eigenvalue weighted by Gasteiger charge is -2.14. The summed E-state index contributed by atoms with van der Waals surface area (Å²) in [5.74, 6) is -1.41. The number of nitrogens with one attached hydrogen (secondary N) is 2. The maximum Gasteiger partial charge on any atom is 0.321 e. The fraction of sp³-hybridized carbons (Fsp3) is 0.294. The first kappa shape index (κ1) is 16.9. The highest BCUT2D eigenvalue weighted by molar-refractivity contribution is 5.96. The first-order valence-electron chi connectivity index (χ1n) is 7.34. The van der Waals surface area contributed by atoms with Crippen molar-refractivity contribution < 1.29 is 19.4 Å². The van der Waals surface area contributed by atoms with Crippen LogP contribution in [-0.2, 0) is 14.3 Å². The number of hydrogen-bond acceptors (Lipinski definition) is 4. The molecular formula is C17H20N2O4. The number of benzene rings is 2. The number of carboxylic acids is 1. The molecule has 0 aliphatic heterocycles. The molecule has 2 aromatic rings. The van der Waals surface area contributed by atoms with Gasteiger partial charge in [-0.25, -0.2) is 0 Å². The van der Waals surface area contributed by atoms with E-state index in [1.165, 1.54) is 7.11 Å². The molecule has 2 aromatic carbocycles. The largest absolute Gasteiger partial charge is 0.480 e. The van der Waals surface area contributed by atoms with Gasteiger partial charge in [0.05, 0.1) is 13.0 Å². The number of hydrogen-bond donors (Lipinski definition) is 3. The van der Waals surface area contributed by atoms with Crippen molar-refractivity contribution in [1.82, 2.24) is 5.32 Å². The van der Waals surface area contributed by atoms with Crippen LogP contribution in [0.5, 0.6) is 0 Å². The van der Waals surface area contributed by atoms with Crippen molar-refractivity contribution in [2.75, 3.05) is 25.6 Å². The Bertz CT molecular complexity index is 687. The van der Waals surface area contributed by atoms with E-state index < -0.39 is 12.0 Å². The molecule has 0 heterocycles. The van der Waals surface area contributed by atoms with E-state index in [0.717, 1.165) is 10.8 Å². The van der Waals surface area contributed by atoms with Gasteiger partial charge in [-0.05, 0) is 22.9 Å². The molecule has 0 aromatic heterocycles. The number of ether oxygens (including phenoxy) is 1. The highest BCUT2D eigenvalue weighted by Crippen LogP contribution is 2.19. The predicted molar refractivity (Wildman–Crippen MR) is 88.5 cm³/mol. The lowest BCUT2D eigenvalue weighted by Crippen LogP contribution is -2.41. The van der Waals surface area contributed by atoms with E-state index in [1.54, 1.807) is 6.07 Å². The van der Waals surface area contributed by atoms with Crippen molar-refractivity contribution in [2.24, 2.45) is 0 Å². The molecule has 1 amide bonds. The molecule has 6 nitrogen and oxygen atoms in total. The van der Waals surface area contributed by atoms with Crippen LogP contribution >= 0.6 is 0 Å². The Kier molecular flexibility index (Phi) is 6.08. The van der Waals surface area contributed by atoms with Gasteiger partial charge >= 0.3 is 5.97 Å². The van der Waals surface area contributed by atoms with Gasteiger partial charge in [-0.3, -0.25) is 9.59 Å². The number of aliphatic carboxylic acids is 1. The van der Waals surface area contributed by atoms with Gasteiger partial charge < -0.3 is 20.5 Å². The molecule has 6 heteroatoms. The van der Waals surface area contributed by atoms with E-state index in [4.69, 9.17) is 9.84 Å². The molecule has 1 atom stereocenters. The summed E-state index contributed by atoms with van der Waals surface area (Å²) in [5, 5.41) is 16.8. The zero-order chi connectivity index (χ0) is 16.7. The molecule has 0 aliphatic carbocycles. The maximum atomic E-state index is 12.1. The van der Waals surface area contributed by atoms with Crippen LogP contribution in [0.3, 0.4) is 0 Å². The van der Waals surface area contributed by atoms with Gasteiger partial charge in [0.1, 0.15) is 6.04 Å². The second-order valence-electron chi connectivity index (χ2n) is 5.15. The van der Waals surface area contributed by atoms with E-state index in [0.29, 0.717) is 18.8 Å². The molecule has 122 valence electrons. The molecule has 1 unspecified atom stereocenters. The Balaban J connectivity index is 1.97. The zero-order valence-corrected chi connectivity index (χ0v) is 12.9. The summed E-state index contributed by atoms with van der Waals surface area (Å²) >= 11 is 0. The Morgan fingerprint density at radius 2 is 1.91 bits per heavy atom. The van der Waals surface area contributed by atoms with Crippen LogP contribution in [0.25, 0.3) is 10.8 Å². The lowest BCUT2D eigenvalue weighted by molar-refractivity contribution is -0.141. The minimum absolute atomic E-state index is 0.147. The molecule has 2 rings (SSSR count). The quantitative estimate of drug-likeness (QED) is 0.647. The van der Waals surface area contributed by atoms with Gasteiger partial charge in [0.25, 0.3) is 0 Å². The molecule has 23 heavy (non-hydrogen) atoms. The van der Waals surface area contributed by atoms with Crippen molar-refractivity contribution in [3.63, 3.8) is 0 Å². The number of rotatable bonds is 8. The highest BCUT2D eigenvalue weighted by atomic mass is 16.5. The topological polar surface area (TPSA) is 87.7 Å². The molecular weight excluding hydrogens is 296 g/mol. The van der Waals surface area contributed by atoms with Crippen molar-refractivity contribution in [1.29, 1.82) is 0 Å². The Morgan fingerprint density at radius 3 is 2.61 bits per heavy atom. The van der Waals surface area contributed by atoms with Crippen LogP contribution < -0.4 is 10.6 Å². The van der Waals surface area contributed by atoms with Crippen molar-refractivity contribution in [2.45, 2.75) is 12.5 Å². The number of carboxylic acid groups (broad SMARTS) is 1. The first-order valence-corrected chi connectivity index (χ1v) is 7.34. The normalized spacial score (nSPS) is 12.0. The molecule has 3 N–H and O–H groups in total. The first-order chi connectivity index (χ1) is 11.1. The highest BCUT2D eigenvalue weighted by Gasteiger charge is 2.20. The lowest BCUT2D eigenvalue weighted by atomic mass is 10.1. The molecule has 0 fully saturated rings. The Morgan fingerprint density at radius 1 is 1.17 bits per heavy atom. The molecule has 0 aliphatic rings. The second-order valence-corrected chi connectivity index (χ2v) is 5.15. The van der Waals surface area contributed by atoms with E-state index in [9.17, 15) is 9.59 Å². The van der Waals surface area contributed by atoms with Crippen LogP contribution in [0, 0.1) is 0 Å². The monoisotopic (exact) mass is 316 g/mol. The van der Waals surface area contributed by atoms with Gasteiger partial charge in [-0.1, -0.05) is 30.3 Å². The van der Waals surface area contributed by atoms with Gasteiger partial charge in [0.15, 0.2) is 0 Å². The standard InChI is InChI=1S/C17H20N2O4/c1-23-9-8-18-15(17(21)22)11-16(20)19-14-7-6-12-4-2-3-5-13(12)10-14/h2-7,10,15,18H,8-9,11H2,1H3,(H,19,20)(H,21,22). The Labute approximate surface area is 134 Å². The summed E-state index contributed by atoms with van der Waals surface area (Å²) in [6.45, 7) is 0.757. The summed E-state index contributed by atoms with van der Waals surface area (Å²) in [5.41, 5.74) is 0.648. The minimum Gasteiger partial charge on any atom is -0.480 e. The van der Waals surface area contributed by atoms with Crippen LogP contribution in [0.15, 0.2) is 42.5 Å². The van der Waals surface area contributed by atoms with Gasteiger partial charge in [0.2, 0.25) is 5.91 Å². The average Bonchev–Trinajstić information content (AvgIpc) is 2.54. The summed E-state index contributed by atoms with van der Waals surface area (Å²) in [4.78, 5) is 23.2. The smallest absolute Gasteiger partial charge is 0.321 e. The van der Waals surface area contributed by atoms with Crippen LogP contribution in [-0.4, -0.2) is 43.3 Å². The fourth-order valence-corrected chi connectivity index (χ4v) is 2.25. The van der Waals surface area contributed by atoms with Gasteiger partial charge in [0, 0.05) is 19.3 Å². The summed E-state index contributed by atoms with van der Waals surface area (Å²) in [6.07, 6.45) is -0.147. The molecule has 0 radical (unpaired) electrons. The van der Waals surface area contributed by atoms with Crippen LogP contribution in [0.2, 0.25) is 0 Å². The Hall–Kier alpha value is -2.44. The molecule has 0 saturated carbocycles. The fourth-order valence-electron chi connectivity index (χ4n) is 2.25. The van der Waals surface area contributed by atoms with Crippen LogP contribution in [0.4, 0.5) is 5.69 Å². The summed E-state index contributed by atoms with van der Waals surface area (Å²) in [7, 11) is 1.53. The van der Waals surface area contributed by atoms with E-state index in [1.807, 2.05) is 36.4 Å². The summed E-state index contributed by atoms with van der Waals surface area (Å²) < 4.78 is 4.86. The zero-order valence-electron chi connectivity index (χ0n) is 12.9. The van der Waals surface area contributed by atoms with Crippen LogP contribution in [0.1, 0.15) is 6.42 Å². The maximum absolute atomic E-state index is 12.1. The van der Waals surface area contributed by atoms with Gasteiger partial charge in [-0.15, -0.1) is 0 Å². The van der Waals surface area contributed by atoms with Gasteiger partial charge in [-0.2, -0.15) is 0 Å². The van der Waals surface area contributed by atoms with Crippen molar-refractivity contribution >= 4 is 28.3 Å². The minimum atomic E-state index is -1.06. The second kappa shape index (κ2) is 8.26. The number of carbonyl (C=O) groups is 2. The average molecular weight is 316 g/mol. The third kappa shape index (κ3) is 5.05. The summed E-state index contributed by atoms with van der Waals surface area (Å²) in [6, 6.07) is 12.5.